The van der Waals surface area contributed by atoms with Crippen LogP contribution in [-0.2, 0) is 28.4 Å². The Morgan fingerprint density at radius 3 is 0.801 bits per heavy atom. The summed E-state index contributed by atoms with van der Waals surface area (Å²) in [6, 6.07) is 90.4. The van der Waals surface area contributed by atoms with Gasteiger partial charge in [-0.15, -0.1) is 47.0 Å². The maximum absolute atomic E-state index is 5.85. The van der Waals surface area contributed by atoms with Gasteiger partial charge in [0.05, 0.1) is 86.6 Å². The molecule has 10 fully saturated rings. The van der Waals surface area contributed by atoms with Gasteiger partial charge in [-0.05, 0) is 124 Å². The number of thioether (sulfide) groups is 7. The summed E-state index contributed by atoms with van der Waals surface area (Å²) in [5, 5.41) is 27.0. The fourth-order valence-electron chi connectivity index (χ4n) is 21.1. The molecule has 0 spiro atoms. The molecule has 20 unspecified atom stereocenters. The molecule has 0 radical (unpaired) electrons. The van der Waals surface area contributed by atoms with Gasteiger partial charge in [-0.1, -0.05) is 395 Å². The van der Waals surface area contributed by atoms with Crippen molar-refractivity contribution in [3.05, 3.63) is 354 Å². The highest BCUT2D eigenvalue weighted by molar-refractivity contribution is 8.06. The monoisotopic (exact) mass is 2040 g/mol. The minimum absolute atomic E-state index is 0. The van der Waals surface area contributed by atoms with Crippen LogP contribution in [0.15, 0.2) is 243 Å². The first-order chi connectivity index (χ1) is 69.5. The maximum Gasteiger partial charge on any atom is 0.107 e. The van der Waals surface area contributed by atoms with Crippen molar-refractivity contribution < 1.29 is 28.4 Å². The molecule has 20 aliphatic heterocycles. The Kier molecular flexibility index (Phi) is 52.4. The summed E-state index contributed by atoms with van der Waals surface area (Å²) in [7, 11) is 0. The predicted molar refractivity (Wildman–Crippen MR) is 619 cm³/mol. The largest absolute Gasteiger partial charge is 0.378 e. The standard InChI is InChI=1S/C11H12S.C10H12N2.2C10H11NO.2C10H11NS.C10H10O2.2C10H10OS.C10H10S2.10C2H6.CH4/c1-2-5-9-8(4-1)10-6-3-7-11(9)12-10;1-2-4-8-7(3-1)9-5-11-6-10(8)12-9;1-2-4-8-7(3-1)9-5-12-6-10(8)11-9;1-2-4-8-7(3-1)9-5-11-6-10(8)12-9;1-2-4-8-7(3-1)9-5-12-6-10(8)11-9;2*1-2-4-8-7(3-1)9-5-11-6-10(8)12-9;1-2-4-8-7(3-1)9-5-12-6-10(8)11-9;2*1-2-4-8-7(3-1)9-5-11-6-10(8)12-9;10*1-2;/h1-2,4-5,10-11H,3,6-7H2;1-4,9-12H,5-6H2;4*1-4,9-11H,5-6H2;4*1-4,9-10H,5-6H2;10*1-2H3;1H4. The maximum atomic E-state index is 5.85. The van der Waals surface area contributed by atoms with Gasteiger partial charge in [0, 0.05) is 129 Å². The zero-order valence-electron chi connectivity index (χ0n) is 87.8. The van der Waals surface area contributed by atoms with Gasteiger partial charge < -0.3 is 55.0 Å². The molecule has 0 amide bonds. The Morgan fingerprint density at radius 1 is 0.191 bits per heavy atom. The first kappa shape index (κ1) is 117. The second-order valence-electron chi connectivity index (χ2n) is 34.0. The molecular formula is C122H172N6O6S7. The molecule has 0 aromatic heterocycles. The summed E-state index contributed by atoms with van der Waals surface area (Å²) >= 11 is 14.7. The molecule has 19 heteroatoms. The van der Waals surface area contributed by atoms with E-state index in [1.54, 1.807) is 33.4 Å². The fourth-order valence-corrected chi connectivity index (χ4v) is 31.3. The van der Waals surface area contributed by atoms with E-state index in [2.05, 4.69) is 345 Å². The molecule has 20 atom stereocenters. The second kappa shape index (κ2) is 63.1. The van der Waals surface area contributed by atoms with E-state index >= 15 is 0 Å². The topological polar surface area (TPSA) is 128 Å². The van der Waals surface area contributed by atoms with E-state index in [0.29, 0.717) is 84.4 Å². The first-order valence-corrected chi connectivity index (χ1v) is 61.1. The number of hydrogen-bond acceptors (Lipinski definition) is 19. The molecule has 141 heavy (non-hydrogen) atoms. The molecule has 10 aromatic carbocycles. The lowest BCUT2D eigenvalue weighted by atomic mass is 10.0. The normalized spacial score (nSPS) is 27.4. The third kappa shape index (κ3) is 29.0. The average Bonchev–Trinajstić information content (AvgIpc) is 1.72. The summed E-state index contributed by atoms with van der Waals surface area (Å²) < 4.78 is 33.8. The summed E-state index contributed by atoms with van der Waals surface area (Å²) in [6.45, 7) is 51.3. The minimum Gasteiger partial charge on any atom is -0.378 e. The van der Waals surface area contributed by atoms with Crippen molar-refractivity contribution in [2.45, 2.75) is 280 Å². The molecule has 0 aliphatic carbocycles. The van der Waals surface area contributed by atoms with Crippen LogP contribution in [-0.4, -0.2) is 113 Å². The lowest BCUT2D eigenvalue weighted by Crippen LogP contribution is -2.39. The van der Waals surface area contributed by atoms with E-state index in [4.69, 9.17) is 28.4 Å². The van der Waals surface area contributed by atoms with Crippen LogP contribution in [0.3, 0.4) is 0 Å². The number of nitrogens with one attached hydrogen (secondary N) is 6. The Labute approximate surface area is 882 Å². The van der Waals surface area contributed by atoms with E-state index < -0.39 is 0 Å². The quantitative estimate of drug-likeness (QED) is 0.0861. The number of hydrogen-bond donors (Lipinski definition) is 6. The van der Waals surface area contributed by atoms with Crippen molar-refractivity contribution >= 4 is 82.3 Å². The van der Waals surface area contributed by atoms with Crippen molar-refractivity contribution in [1.82, 2.24) is 31.9 Å². The summed E-state index contributed by atoms with van der Waals surface area (Å²) in [6.07, 6.45) is 5.99. The van der Waals surface area contributed by atoms with Crippen LogP contribution in [0.5, 0.6) is 0 Å². The van der Waals surface area contributed by atoms with Crippen molar-refractivity contribution in [1.29, 1.82) is 0 Å². The molecule has 6 N–H and O–H groups in total. The van der Waals surface area contributed by atoms with Gasteiger partial charge in [-0.3, -0.25) is 5.32 Å². The molecular weight excluding hydrogens is 1870 g/mol. The van der Waals surface area contributed by atoms with Gasteiger partial charge in [-0.25, -0.2) is 0 Å². The molecule has 30 rings (SSSR count). The summed E-state index contributed by atoms with van der Waals surface area (Å²) in [4.78, 5) is 0. The number of ether oxygens (including phenoxy) is 6. The van der Waals surface area contributed by atoms with Crippen LogP contribution in [0.4, 0.5) is 0 Å². The van der Waals surface area contributed by atoms with Crippen LogP contribution in [0.2, 0.25) is 0 Å². The van der Waals surface area contributed by atoms with Crippen LogP contribution >= 0.6 is 82.3 Å². The third-order valence-corrected chi connectivity index (χ3v) is 36.7. The average molecular weight is 2040 g/mol. The molecule has 20 heterocycles. The van der Waals surface area contributed by atoms with Gasteiger partial charge >= 0.3 is 0 Å². The van der Waals surface area contributed by atoms with E-state index in [9.17, 15) is 0 Å². The molecule has 20 bridgehead atoms. The van der Waals surface area contributed by atoms with Gasteiger partial charge in [0.15, 0.2) is 0 Å². The molecule has 12 nitrogen and oxygen atoms in total. The van der Waals surface area contributed by atoms with Gasteiger partial charge in [0.2, 0.25) is 0 Å². The Hall–Kier alpha value is -5.83. The highest BCUT2D eigenvalue weighted by Gasteiger charge is 2.43. The highest BCUT2D eigenvalue weighted by Crippen LogP contribution is 2.60. The van der Waals surface area contributed by atoms with E-state index in [-0.39, 0.29) is 19.6 Å². The predicted octanol–water partition coefficient (Wildman–Crippen LogP) is 32.8. The van der Waals surface area contributed by atoms with Crippen LogP contribution in [0.25, 0.3) is 0 Å². The van der Waals surface area contributed by atoms with Crippen LogP contribution in [0, 0.1) is 0 Å². The van der Waals surface area contributed by atoms with Crippen LogP contribution < -0.4 is 31.9 Å². The molecule has 0 saturated carbocycles. The lowest BCUT2D eigenvalue weighted by molar-refractivity contribution is -0.123. The zero-order chi connectivity index (χ0) is 99.7. The number of piperazine rings is 1. The molecule has 768 valence electrons. The van der Waals surface area contributed by atoms with Crippen molar-refractivity contribution in [2.24, 2.45) is 0 Å². The number of morpholine rings is 2. The zero-order valence-corrected chi connectivity index (χ0v) is 93.5. The number of rotatable bonds is 0. The van der Waals surface area contributed by atoms with E-state index in [0.717, 1.165) is 109 Å². The fraction of sp³-hybridized carbons (Fsp3) is 0.508. The second-order valence-corrected chi connectivity index (χ2v) is 42.9. The Balaban J connectivity index is 0.000000158. The van der Waals surface area contributed by atoms with Gasteiger partial charge in [0.25, 0.3) is 0 Å². The first-order valence-electron chi connectivity index (χ1n) is 53.8. The molecule has 20 aliphatic rings. The third-order valence-electron chi connectivity index (χ3n) is 26.8. The summed E-state index contributed by atoms with van der Waals surface area (Å²) in [5.41, 5.74) is 29.8. The van der Waals surface area contributed by atoms with E-state index in [1.807, 2.05) is 150 Å². The van der Waals surface area contributed by atoms with Crippen molar-refractivity contribution in [3.63, 3.8) is 0 Å². The van der Waals surface area contributed by atoms with Crippen molar-refractivity contribution in [2.75, 3.05) is 113 Å². The Morgan fingerprint density at radius 2 is 0.418 bits per heavy atom. The lowest BCUT2D eigenvalue weighted by Gasteiger charge is -2.22. The van der Waals surface area contributed by atoms with Gasteiger partial charge in [0.1, 0.15) is 12.2 Å². The Bertz CT molecular complexity index is 3880. The number of fused-ring (bicyclic) bond motifs is 50. The number of benzene rings is 10. The SMILES string of the molecule is C.CC.CC.CC.CC.CC.CC.CC.CC.CC.CC.c1ccc2c(c1)C1CCCC2S1.c1ccc2c(c1)C1CNCC2N1.c1ccc2c(c1)C1CNCC2O1.c1ccc2c(c1)C1CNCC2S1.c1ccc2c(c1)C1COCC2N1.c1ccc2c(c1)C1COCC2O1.c1ccc2c(c1)C1COCC2S1.c1ccc2c(c1)C1CSCC2N1.c1ccc2c(c1)C1CSCC2O1.c1ccc2c(c1)C1CSCC2S1. The molecule has 10 aromatic rings. The minimum atomic E-state index is 0. The highest BCUT2D eigenvalue weighted by atomic mass is 32.2. The van der Waals surface area contributed by atoms with Gasteiger partial charge in [-0.2, -0.15) is 35.3 Å². The smallest absolute Gasteiger partial charge is 0.107 e. The summed E-state index contributed by atoms with van der Waals surface area (Å²) in [5.74, 6) is 7.39. The van der Waals surface area contributed by atoms with Crippen molar-refractivity contribution in [3.8, 4) is 0 Å². The molecule has 10 saturated heterocycles. The van der Waals surface area contributed by atoms with E-state index in [1.165, 1.54) is 120 Å². The van der Waals surface area contributed by atoms with Crippen LogP contribution in [0.1, 0.15) is 391 Å².